The minimum Gasteiger partial charge on any atom is -0.482 e. The van der Waals surface area contributed by atoms with Gasteiger partial charge in [0.05, 0.1) is 0 Å². The van der Waals surface area contributed by atoms with E-state index in [0.29, 0.717) is 10.8 Å². The fraction of sp³-hybridized carbons (Fsp3) is 0.556. The number of ether oxygens (including phenoxy) is 2. The molecule has 132 valence electrons. The smallest absolute Gasteiger partial charge is 0.344 e. The molecule has 1 aromatic rings. The van der Waals surface area contributed by atoms with Crippen LogP contribution in [0.25, 0.3) is 0 Å². The molecule has 6 heteroatoms. The highest BCUT2D eigenvalue weighted by Crippen LogP contribution is 2.21. The zero-order chi connectivity index (χ0) is 17.4. The van der Waals surface area contributed by atoms with Crippen molar-refractivity contribution < 1.29 is 19.1 Å². The van der Waals surface area contributed by atoms with Gasteiger partial charge in [0.1, 0.15) is 5.75 Å². The Morgan fingerprint density at radius 1 is 1.17 bits per heavy atom. The van der Waals surface area contributed by atoms with Crippen LogP contribution >= 0.6 is 11.6 Å². The van der Waals surface area contributed by atoms with Crippen LogP contribution < -0.4 is 10.1 Å². The minimum absolute atomic E-state index is 0.201. The third-order valence-electron chi connectivity index (χ3n) is 4.07. The van der Waals surface area contributed by atoms with Crippen LogP contribution in [0.2, 0.25) is 5.02 Å². The topological polar surface area (TPSA) is 64.6 Å². The second kappa shape index (κ2) is 9.52. The van der Waals surface area contributed by atoms with Crippen LogP contribution in [0.4, 0.5) is 0 Å². The summed E-state index contributed by atoms with van der Waals surface area (Å²) in [6, 6.07) is 5.34. The number of halogens is 1. The van der Waals surface area contributed by atoms with Gasteiger partial charge in [-0.1, -0.05) is 37.3 Å². The minimum atomic E-state index is -0.569. The highest BCUT2D eigenvalue weighted by molar-refractivity contribution is 6.30. The zero-order valence-corrected chi connectivity index (χ0v) is 14.7. The highest BCUT2D eigenvalue weighted by Gasteiger charge is 2.16. The molecule has 0 unspecified atom stereocenters. The Balaban J connectivity index is 1.67. The van der Waals surface area contributed by atoms with Gasteiger partial charge in [-0.25, -0.2) is 4.79 Å². The monoisotopic (exact) mass is 353 g/mol. The van der Waals surface area contributed by atoms with E-state index < -0.39 is 5.97 Å². The summed E-state index contributed by atoms with van der Waals surface area (Å²) in [4.78, 5) is 23.5. The molecule has 0 bridgehead atoms. The van der Waals surface area contributed by atoms with E-state index in [1.807, 2.05) is 6.92 Å². The average molecular weight is 354 g/mol. The number of hydrogen-bond donors (Lipinski definition) is 1. The molecule has 24 heavy (non-hydrogen) atoms. The Hall–Kier alpha value is -1.75. The quantitative estimate of drug-likeness (QED) is 0.628. The summed E-state index contributed by atoms with van der Waals surface area (Å²) < 4.78 is 10.3. The molecule has 2 rings (SSSR count). The molecule has 0 spiro atoms. The van der Waals surface area contributed by atoms with Crippen molar-refractivity contribution in [2.75, 3.05) is 13.2 Å². The van der Waals surface area contributed by atoms with E-state index in [-0.39, 0.29) is 25.2 Å². The standard InChI is InChI=1S/C18H24ClNO4/c1-13-10-14(19)8-9-16(13)23-12-18(22)24-11-17(21)20-15-6-4-2-3-5-7-15/h8-10,15H,2-7,11-12H2,1H3,(H,20,21). The van der Waals surface area contributed by atoms with Crippen molar-refractivity contribution in [3.63, 3.8) is 0 Å². The maximum absolute atomic E-state index is 11.8. The van der Waals surface area contributed by atoms with E-state index in [2.05, 4.69) is 5.32 Å². The third kappa shape index (κ3) is 6.40. The summed E-state index contributed by atoms with van der Waals surface area (Å²) in [5, 5.41) is 3.54. The summed E-state index contributed by atoms with van der Waals surface area (Å²) in [5.74, 6) is -0.252. The first-order chi connectivity index (χ1) is 11.5. The van der Waals surface area contributed by atoms with Crippen molar-refractivity contribution in [3.05, 3.63) is 28.8 Å². The number of carbonyl (C=O) groups excluding carboxylic acids is 2. The van der Waals surface area contributed by atoms with Gasteiger partial charge in [0.15, 0.2) is 13.2 Å². The molecule has 0 radical (unpaired) electrons. The van der Waals surface area contributed by atoms with Crippen LogP contribution in [0.3, 0.4) is 0 Å². The van der Waals surface area contributed by atoms with Gasteiger partial charge in [-0.3, -0.25) is 4.79 Å². The fourth-order valence-electron chi connectivity index (χ4n) is 2.79. The molecule has 1 aliphatic carbocycles. The number of hydrogen-bond acceptors (Lipinski definition) is 4. The molecule has 5 nitrogen and oxygen atoms in total. The normalized spacial score (nSPS) is 15.4. The molecule has 1 fully saturated rings. The van der Waals surface area contributed by atoms with Gasteiger partial charge in [0.2, 0.25) is 0 Å². The molecule has 0 saturated heterocycles. The first-order valence-corrected chi connectivity index (χ1v) is 8.76. The molecular formula is C18H24ClNO4. The predicted molar refractivity (Wildman–Crippen MR) is 92.3 cm³/mol. The van der Waals surface area contributed by atoms with Crippen molar-refractivity contribution in [2.24, 2.45) is 0 Å². The SMILES string of the molecule is Cc1cc(Cl)ccc1OCC(=O)OCC(=O)NC1CCCCCC1. The van der Waals surface area contributed by atoms with Crippen LogP contribution in [0.5, 0.6) is 5.75 Å². The Bertz CT molecular complexity index is 568. The Kier molecular flexibility index (Phi) is 7.37. The van der Waals surface area contributed by atoms with Gasteiger partial charge in [-0.05, 0) is 43.5 Å². The lowest BCUT2D eigenvalue weighted by atomic mass is 10.1. The average Bonchev–Trinajstić information content (AvgIpc) is 2.81. The number of nitrogens with one attached hydrogen (secondary N) is 1. The number of rotatable bonds is 6. The molecule has 1 N–H and O–H groups in total. The van der Waals surface area contributed by atoms with Crippen LogP contribution in [-0.2, 0) is 14.3 Å². The number of amides is 1. The molecule has 1 aliphatic rings. The number of esters is 1. The molecule has 1 saturated carbocycles. The number of carbonyl (C=O) groups is 2. The van der Waals surface area contributed by atoms with Crippen LogP contribution in [0.1, 0.15) is 44.1 Å². The molecule has 1 aromatic carbocycles. The molecule has 0 atom stereocenters. The maximum Gasteiger partial charge on any atom is 0.344 e. The van der Waals surface area contributed by atoms with E-state index in [0.717, 1.165) is 31.2 Å². The molecular weight excluding hydrogens is 330 g/mol. The highest BCUT2D eigenvalue weighted by atomic mass is 35.5. The molecule has 1 amide bonds. The van der Waals surface area contributed by atoms with Gasteiger partial charge in [0, 0.05) is 11.1 Å². The van der Waals surface area contributed by atoms with E-state index >= 15 is 0 Å². The fourth-order valence-corrected chi connectivity index (χ4v) is 3.02. The largest absolute Gasteiger partial charge is 0.482 e. The van der Waals surface area contributed by atoms with Crippen LogP contribution in [0, 0.1) is 6.92 Å². The van der Waals surface area contributed by atoms with Gasteiger partial charge < -0.3 is 14.8 Å². The third-order valence-corrected chi connectivity index (χ3v) is 4.30. The van der Waals surface area contributed by atoms with E-state index in [1.165, 1.54) is 12.8 Å². The van der Waals surface area contributed by atoms with Gasteiger partial charge in [-0.2, -0.15) is 0 Å². The van der Waals surface area contributed by atoms with E-state index in [1.54, 1.807) is 18.2 Å². The Morgan fingerprint density at radius 3 is 2.54 bits per heavy atom. The lowest BCUT2D eigenvalue weighted by Gasteiger charge is -2.16. The van der Waals surface area contributed by atoms with Crippen molar-refractivity contribution in [1.82, 2.24) is 5.32 Å². The lowest BCUT2D eigenvalue weighted by Crippen LogP contribution is -2.37. The Morgan fingerprint density at radius 2 is 1.88 bits per heavy atom. The first kappa shape index (κ1) is 18.6. The van der Waals surface area contributed by atoms with Gasteiger partial charge in [-0.15, -0.1) is 0 Å². The number of benzene rings is 1. The Labute approximate surface area is 147 Å². The predicted octanol–water partition coefficient (Wildman–Crippen LogP) is 3.41. The first-order valence-electron chi connectivity index (χ1n) is 8.38. The summed E-state index contributed by atoms with van der Waals surface area (Å²) in [5.41, 5.74) is 0.835. The summed E-state index contributed by atoms with van der Waals surface area (Å²) in [6.07, 6.45) is 6.72. The van der Waals surface area contributed by atoms with Gasteiger partial charge in [0.25, 0.3) is 5.91 Å². The van der Waals surface area contributed by atoms with Crippen LogP contribution in [0.15, 0.2) is 18.2 Å². The second-order valence-electron chi connectivity index (χ2n) is 6.12. The van der Waals surface area contributed by atoms with Crippen LogP contribution in [-0.4, -0.2) is 31.1 Å². The maximum atomic E-state index is 11.8. The summed E-state index contributed by atoms with van der Waals surface area (Å²) >= 11 is 5.86. The van der Waals surface area contributed by atoms with Crippen molar-refractivity contribution in [3.8, 4) is 5.75 Å². The summed E-state index contributed by atoms with van der Waals surface area (Å²) in [7, 11) is 0. The molecule has 0 heterocycles. The van der Waals surface area contributed by atoms with E-state index in [9.17, 15) is 9.59 Å². The van der Waals surface area contributed by atoms with Gasteiger partial charge >= 0.3 is 5.97 Å². The second-order valence-corrected chi connectivity index (χ2v) is 6.55. The van der Waals surface area contributed by atoms with Crippen molar-refractivity contribution in [1.29, 1.82) is 0 Å². The molecule has 0 aliphatic heterocycles. The lowest BCUT2D eigenvalue weighted by molar-refractivity contribution is -0.150. The zero-order valence-electron chi connectivity index (χ0n) is 14.0. The molecule has 0 aromatic heterocycles. The summed E-state index contributed by atoms with van der Waals surface area (Å²) in [6.45, 7) is 1.34. The van der Waals surface area contributed by atoms with Crippen molar-refractivity contribution >= 4 is 23.5 Å². The van der Waals surface area contributed by atoms with Crippen molar-refractivity contribution in [2.45, 2.75) is 51.5 Å². The number of aryl methyl sites for hydroxylation is 1. The van der Waals surface area contributed by atoms with E-state index in [4.69, 9.17) is 21.1 Å².